The molecule has 1 fully saturated rings. The number of aliphatic hydroxyl groups is 1. The van der Waals surface area contributed by atoms with Gasteiger partial charge in [0.2, 0.25) is 0 Å². The zero-order chi connectivity index (χ0) is 21.0. The summed E-state index contributed by atoms with van der Waals surface area (Å²) >= 11 is 6.32. The van der Waals surface area contributed by atoms with E-state index in [1.165, 1.54) is 0 Å². The Morgan fingerprint density at radius 1 is 1.23 bits per heavy atom. The van der Waals surface area contributed by atoms with Crippen LogP contribution in [0.5, 0.6) is 5.75 Å². The molecule has 7 nitrogen and oxygen atoms in total. The van der Waals surface area contributed by atoms with Crippen LogP contribution in [-0.4, -0.2) is 42.7 Å². The van der Waals surface area contributed by atoms with Crippen LogP contribution in [0.2, 0.25) is 5.02 Å². The molecule has 1 amide bonds. The molecule has 156 valence electrons. The number of hydrogen-bond acceptors (Lipinski definition) is 5. The Kier molecular flexibility index (Phi) is 4.67. The van der Waals surface area contributed by atoms with Crippen molar-refractivity contribution in [3.8, 4) is 5.75 Å². The maximum Gasteiger partial charge on any atom is 0.258 e. The lowest BCUT2D eigenvalue weighted by Crippen LogP contribution is -2.29. The molecule has 8 heteroatoms. The van der Waals surface area contributed by atoms with E-state index in [0.29, 0.717) is 29.4 Å². The summed E-state index contributed by atoms with van der Waals surface area (Å²) in [6.45, 7) is 4.64. The van der Waals surface area contributed by atoms with Crippen molar-refractivity contribution in [1.29, 1.82) is 0 Å². The molecule has 1 aromatic carbocycles. The van der Waals surface area contributed by atoms with Gasteiger partial charge in [-0.15, -0.1) is 0 Å². The number of halogens is 1. The molecule has 2 aromatic heterocycles. The van der Waals surface area contributed by atoms with Crippen LogP contribution in [0.25, 0.3) is 5.65 Å². The van der Waals surface area contributed by atoms with E-state index in [2.05, 4.69) is 10.1 Å². The highest BCUT2D eigenvalue weighted by Gasteiger charge is 2.33. The van der Waals surface area contributed by atoms with Gasteiger partial charge in [0, 0.05) is 5.56 Å². The number of benzene rings is 1. The molecule has 30 heavy (non-hydrogen) atoms. The zero-order valence-electron chi connectivity index (χ0n) is 16.9. The minimum Gasteiger partial charge on any atom is -0.487 e. The number of rotatable bonds is 3. The Balaban J connectivity index is 1.42. The largest absolute Gasteiger partial charge is 0.487 e. The molecule has 1 N–H and O–H groups in total. The highest BCUT2D eigenvalue weighted by Crippen LogP contribution is 2.32. The monoisotopic (exact) mass is 426 g/mol. The maximum absolute atomic E-state index is 13.3. The molecule has 0 saturated heterocycles. The van der Waals surface area contributed by atoms with Crippen molar-refractivity contribution in [2.24, 2.45) is 0 Å². The van der Waals surface area contributed by atoms with Gasteiger partial charge in [-0.05, 0) is 45.2 Å². The molecule has 3 aromatic rings. The van der Waals surface area contributed by atoms with E-state index < -0.39 is 6.10 Å². The van der Waals surface area contributed by atoms with Crippen LogP contribution >= 0.6 is 11.6 Å². The maximum atomic E-state index is 13.3. The molecule has 2 aliphatic rings. The summed E-state index contributed by atoms with van der Waals surface area (Å²) in [5.74, 6) is 0.403. The number of carbonyl (C=O) groups is 1. The molecule has 1 saturated carbocycles. The van der Waals surface area contributed by atoms with Crippen molar-refractivity contribution in [3.05, 3.63) is 57.5 Å². The number of para-hydroxylation sites is 1. The molecule has 1 aliphatic heterocycles. The number of carbonyl (C=O) groups excluding carboxylic acids is 1. The molecule has 2 unspecified atom stereocenters. The van der Waals surface area contributed by atoms with Crippen molar-refractivity contribution in [1.82, 2.24) is 19.5 Å². The second-order valence-corrected chi connectivity index (χ2v) is 8.45. The second-order valence-electron chi connectivity index (χ2n) is 8.07. The van der Waals surface area contributed by atoms with Crippen molar-refractivity contribution in [2.45, 2.75) is 58.4 Å². The molecular formula is C22H23ClN4O3. The molecule has 5 rings (SSSR count). The minimum absolute atomic E-state index is 0.114. The summed E-state index contributed by atoms with van der Waals surface area (Å²) in [4.78, 5) is 19.7. The third-order valence-corrected chi connectivity index (χ3v) is 6.60. The molecule has 2 atom stereocenters. The summed E-state index contributed by atoms with van der Waals surface area (Å²) < 4.78 is 7.79. The van der Waals surface area contributed by atoms with E-state index in [0.717, 1.165) is 47.6 Å². The third kappa shape index (κ3) is 3.04. The van der Waals surface area contributed by atoms with E-state index in [1.807, 2.05) is 26.0 Å². The van der Waals surface area contributed by atoms with Gasteiger partial charge in [0.15, 0.2) is 5.65 Å². The van der Waals surface area contributed by atoms with Gasteiger partial charge in [0.05, 0.1) is 46.9 Å². The predicted molar refractivity (Wildman–Crippen MR) is 112 cm³/mol. The molecule has 0 radical (unpaired) electrons. The van der Waals surface area contributed by atoms with Crippen LogP contribution < -0.4 is 4.74 Å². The fraction of sp³-hybridized carbons (Fsp3) is 0.409. The van der Waals surface area contributed by atoms with Crippen molar-refractivity contribution in [2.75, 3.05) is 0 Å². The SMILES string of the molecule is Cc1nc2c3c(nn2c(C)c1Cl)CN(C(=O)c1ccccc1OC1CCCC1O)C3. The average molecular weight is 427 g/mol. The van der Waals surface area contributed by atoms with Crippen LogP contribution in [0.1, 0.15) is 52.3 Å². The van der Waals surface area contributed by atoms with Gasteiger partial charge in [-0.3, -0.25) is 4.79 Å². The minimum atomic E-state index is -0.484. The number of ether oxygens (including phenoxy) is 1. The van der Waals surface area contributed by atoms with Crippen LogP contribution in [0.3, 0.4) is 0 Å². The number of aromatic nitrogens is 3. The first kappa shape index (κ1) is 19.3. The first-order chi connectivity index (χ1) is 14.4. The number of aliphatic hydroxyl groups excluding tert-OH is 1. The molecule has 0 spiro atoms. The topological polar surface area (TPSA) is 80.0 Å². The summed E-state index contributed by atoms with van der Waals surface area (Å²) in [6.07, 6.45) is 1.71. The summed E-state index contributed by atoms with van der Waals surface area (Å²) in [5, 5.41) is 15.4. The van der Waals surface area contributed by atoms with Crippen LogP contribution in [-0.2, 0) is 13.1 Å². The highest BCUT2D eigenvalue weighted by molar-refractivity contribution is 6.31. The third-order valence-electron chi connectivity index (χ3n) is 6.06. The van der Waals surface area contributed by atoms with Gasteiger partial charge in [0.25, 0.3) is 5.91 Å². The van der Waals surface area contributed by atoms with Crippen molar-refractivity contribution < 1.29 is 14.6 Å². The lowest BCUT2D eigenvalue weighted by Gasteiger charge is -2.21. The number of fused-ring (bicyclic) bond motifs is 3. The number of nitrogens with zero attached hydrogens (tertiary/aromatic N) is 4. The fourth-order valence-corrected chi connectivity index (χ4v) is 4.50. The summed E-state index contributed by atoms with van der Waals surface area (Å²) in [6, 6.07) is 7.24. The number of aryl methyl sites for hydroxylation is 2. The van der Waals surface area contributed by atoms with Gasteiger partial charge < -0.3 is 14.7 Å². The van der Waals surface area contributed by atoms with E-state index in [1.54, 1.807) is 21.5 Å². The van der Waals surface area contributed by atoms with Crippen LogP contribution in [0.4, 0.5) is 0 Å². The van der Waals surface area contributed by atoms with Crippen molar-refractivity contribution in [3.63, 3.8) is 0 Å². The van der Waals surface area contributed by atoms with Gasteiger partial charge in [-0.1, -0.05) is 23.7 Å². The van der Waals surface area contributed by atoms with Crippen LogP contribution in [0, 0.1) is 13.8 Å². The van der Waals surface area contributed by atoms with Crippen molar-refractivity contribution >= 4 is 23.2 Å². The van der Waals surface area contributed by atoms with E-state index in [4.69, 9.17) is 16.3 Å². The molecule has 3 heterocycles. The van der Waals surface area contributed by atoms with E-state index >= 15 is 0 Å². The zero-order valence-corrected chi connectivity index (χ0v) is 17.7. The Bertz CT molecular complexity index is 1160. The van der Waals surface area contributed by atoms with Gasteiger partial charge >= 0.3 is 0 Å². The smallest absolute Gasteiger partial charge is 0.258 e. The van der Waals surface area contributed by atoms with Gasteiger partial charge in [0.1, 0.15) is 11.9 Å². The lowest BCUT2D eigenvalue weighted by molar-refractivity contribution is 0.0573. The predicted octanol–water partition coefficient (Wildman–Crippen LogP) is 3.45. The Morgan fingerprint density at radius 2 is 2.03 bits per heavy atom. The molecule has 1 aliphatic carbocycles. The average Bonchev–Trinajstić information content (AvgIpc) is 3.42. The highest BCUT2D eigenvalue weighted by atomic mass is 35.5. The fourth-order valence-electron chi connectivity index (χ4n) is 4.38. The van der Waals surface area contributed by atoms with E-state index in [-0.39, 0.29) is 12.0 Å². The Labute approximate surface area is 179 Å². The first-order valence-electron chi connectivity index (χ1n) is 10.2. The standard InChI is InChI=1S/C22H23ClN4O3/c1-12-20(23)13(2)27-21(24-12)15-10-26(11-16(15)25-27)22(29)14-6-3-4-8-18(14)30-19-9-5-7-17(19)28/h3-4,6,8,17,19,28H,5,7,9-11H2,1-2H3. The Hall–Kier alpha value is -2.64. The first-order valence-corrected chi connectivity index (χ1v) is 10.6. The quantitative estimate of drug-likeness (QED) is 0.693. The normalized spacial score (nSPS) is 20.7. The summed E-state index contributed by atoms with van der Waals surface area (Å²) in [7, 11) is 0. The number of amides is 1. The molecule has 0 bridgehead atoms. The second kappa shape index (κ2) is 7.25. The van der Waals surface area contributed by atoms with E-state index in [9.17, 15) is 9.90 Å². The van der Waals surface area contributed by atoms with Crippen LogP contribution in [0.15, 0.2) is 24.3 Å². The summed E-state index contributed by atoms with van der Waals surface area (Å²) in [5.41, 5.74) is 4.64. The molecular weight excluding hydrogens is 404 g/mol. The van der Waals surface area contributed by atoms with Gasteiger partial charge in [-0.25, -0.2) is 9.50 Å². The number of hydrogen-bond donors (Lipinski definition) is 1. The Morgan fingerprint density at radius 3 is 2.80 bits per heavy atom. The lowest BCUT2D eigenvalue weighted by atomic mass is 10.1. The van der Waals surface area contributed by atoms with Gasteiger partial charge in [-0.2, -0.15) is 5.10 Å².